The Balaban J connectivity index is 2.90. The number of hydrogen-bond donors (Lipinski definition) is 4. The number of amides is 3. The van der Waals surface area contributed by atoms with E-state index in [0.717, 1.165) is 0 Å². The van der Waals surface area contributed by atoms with Gasteiger partial charge in [0, 0.05) is 0 Å². The van der Waals surface area contributed by atoms with Gasteiger partial charge in [-0.3, -0.25) is 10.2 Å². The number of carbonyl (C=O) groups excluding carboxylic acids is 2. The summed E-state index contributed by atoms with van der Waals surface area (Å²) in [6.07, 6.45) is 0. The van der Waals surface area contributed by atoms with Crippen LogP contribution in [0, 0.1) is 0 Å². The summed E-state index contributed by atoms with van der Waals surface area (Å²) in [4.78, 5) is 32.5. The van der Waals surface area contributed by atoms with Gasteiger partial charge >= 0.3 is 12.0 Å². The molecule has 1 aromatic rings. The second-order valence-electron chi connectivity index (χ2n) is 2.79. The van der Waals surface area contributed by atoms with E-state index in [2.05, 4.69) is 0 Å². The van der Waals surface area contributed by atoms with E-state index in [4.69, 9.17) is 10.8 Å². The van der Waals surface area contributed by atoms with Gasteiger partial charge in [-0.25, -0.2) is 15.0 Å². The zero-order valence-electron chi connectivity index (χ0n) is 8.06. The van der Waals surface area contributed by atoms with E-state index in [-0.39, 0.29) is 11.1 Å². The van der Waals surface area contributed by atoms with Crippen LogP contribution in [0.2, 0.25) is 0 Å². The number of primary amides is 1. The number of nitrogens with two attached hydrogens (primary N) is 1. The van der Waals surface area contributed by atoms with Crippen LogP contribution in [0.4, 0.5) is 4.79 Å². The molecule has 0 fully saturated rings. The van der Waals surface area contributed by atoms with Gasteiger partial charge in [0.25, 0.3) is 5.91 Å². The molecule has 0 aliphatic heterocycles. The molecular weight excluding hydrogens is 214 g/mol. The molecule has 0 saturated heterocycles. The maximum Gasteiger partial charge on any atom is 0.336 e. The van der Waals surface area contributed by atoms with Crippen molar-refractivity contribution in [2.24, 2.45) is 5.73 Å². The molecule has 0 aromatic heterocycles. The average Bonchev–Trinajstić information content (AvgIpc) is 2.25. The van der Waals surface area contributed by atoms with Gasteiger partial charge in [-0.15, -0.1) is 0 Å². The molecule has 0 aliphatic rings. The Kier molecular flexibility index (Phi) is 3.44. The van der Waals surface area contributed by atoms with Crippen LogP contribution in [0.25, 0.3) is 0 Å². The van der Waals surface area contributed by atoms with E-state index < -0.39 is 17.9 Å². The van der Waals surface area contributed by atoms with Gasteiger partial charge in [0.2, 0.25) is 0 Å². The summed E-state index contributed by atoms with van der Waals surface area (Å²) in [7, 11) is 0. The number of carboxylic acid groups (broad SMARTS) is 1. The molecule has 0 saturated carbocycles. The maximum atomic E-state index is 11.4. The smallest absolute Gasteiger partial charge is 0.336 e. The minimum atomic E-state index is -1.23. The summed E-state index contributed by atoms with van der Waals surface area (Å²) in [5.74, 6) is -1.98. The number of nitrogens with one attached hydrogen (secondary N) is 2. The molecular formula is C9H9N3O4. The van der Waals surface area contributed by atoms with Crippen LogP contribution in [0.5, 0.6) is 0 Å². The molecule has 0 radical (unpaired) electrons. The van der Waals surface area contributed by atoms with E-state index in [1.165, 1.54) is 24.3 Å². The van der Waals surface area contributed by atoms with E-state index in [1.807, 2.05) is 10.9 Å². The van der Waals surface area contributed by atoms with Crippen LogP contribution in [-0.2, 0) is 0 Å². The SMILES string of the molecule is NC(=O)NNC(=O)c1ccccc1C(=O)O. The fourth-order valence-electron chi connectivity index (χ4n) is 1.05. The molecule has 0 atom stereocenters. The van der Waals surface area contributed by atoms with Crippen molar-refractivity contribution in [1.29, 1.82) is 0 Å². The fourth-order valence-corrected chi connectivity index (χ4v) is 1.05. The summed E-state index contributed by atoms with van der Waals surface area (Å²) in [5, 5.41) is 8.80. The minimum absolute atomic E-state index is 0.0660. The second-order valence-corrected chi connectivity index (χ2v) is 2.79. The molecule has 0 heterocycles. The molecule has 16 heavy (non-hydrogen) atoms. The largest absolute Gasteiger partial charge is 0.478 e. The summed E-state index contributed by atoms with van der Waals surface area (Å²) in [6, 6.07) is 4.65. The van der Waals surface area contributed by atoms with Crippen LogP contribution < -0.4 is 16.6 Å². The summed E-state index contributed by atoms with van der Waals surface area (Å²) in [5.41, 5.74) is 8.33. The summed E-state index contributed by atoms with van der Waals surface area (Å²) in [6.45, 7) is 0. The number of aromatic carboxylic acids is 1. The van der Waals surface area contributed by atoms with Crippen molar-refractivity contribution in [2.45, 2.75) is 0 Å². The van der Waals surface area contributed by atoms with E-state index >= 15 is 0 Å². The zero-order chi connectivity index (χ0) is 12.1. The first-order chi connectivity index (χ1) is 7.52. The van der Waals surface area contributed by atoms with Crippen molar-refractivity contribution in [2.75, 3.05) is 0 Å². The van der Waals surface area contributed by atoms with Gasteiger partial charge in [0.1, 0.15) is 0 Å². The molecule has 7 heteroatoms. The third-order valence-electron chi connectivity index (χ3n) is 1.70. The van der Waals surface area contributed by atoms with Gasteiger partial charge in [-0.2, -0.15) is 0 Å². The van der Waals surface area contributed by atoms with Gasteiger partial charge in [-0.05, 0) is 12.1 Å². The molecule has 5 N–H and O–H groups in total. The molecule has 7 nitrogen and oxygen atoms in total. The molecule has 1 rings (SSSR count). The third-order valence-corrected chi connectivity index (χ3v) is 1.70. The Labute approximate surface area is 90.2 Å². The molecule has 0 spiro atoms. The van der Waals surface area contributed by atoms with Crippen molar-refractivity contribution >= 4 is 17.9 Å². The summed E-state index contributed by atoms with van der Waals surface area (Å²) >= 11 is 0. The first kappa shape index (κ1) is 11.5. The van der Waals surface area contributed by atoms with Gasteiger partial charge in [0.15, 0.2) is 0 Å². The normalized spacial score (nSPS) is 9.25. The predicted molar refractivity (Wildman–Crippen MR) is 53.6 cm³/mol. The van der Waals surface area contributed by atoms with E-state index in [1.54, 1.807) is 0 Å². The Morgan fingerprint density at radius 3 is 2.12 bits per heavy atom. The van der Waals surface area contributed by atoms with Crippen LogP contribution in [0.3, 0.4) is 0 Å². The lowest BCUT2D eigenvalue weighted by molar-refractivity contribution is 0.0690. The lowest BCUT2D eigenvalue weighted by Gasteiger charge is -2.06. The lowest BCUT2D eigenvalue weighted by atomic mass is 10.1. The highest BCUT2D eigenvalue weighted by molar-refractivity contribution is 6.05. The van der Waals surface area contributed by atoms with Crippen molar-refractivity contribution in [3.8, 4) is 0 Å². The van der Waals surface area contributed by atoms with Crippen molar-refractivity contribution < 1.29 is 19.5 Å². The van der Waals surface area contributed by atoms with Gasteiger partial charge in [0.05, 0.1) is 11.1 Å². The monoisotopic (exact) mass is 223 g/mol. The number of rotatable bonds is 2. The Hall–Kier alpha value is -2.57. The molecule has 0 aliphatic carbocycles. The quantitative estimate of drug-likeness (QED) is 0.514. The van der Waals surface area contributed by atoms with Crippen molar-refractivity contribution in [3.63, 3.8) is 0 Å². The molecule has 84 valence electrons. The highest BCUT2D eigenvalue weighted by Gasteiger charge is 2.15. The fraction of sp³-hybridized carbons (Fsp3) is 0. The lowest BCUT2D eigenvalue weighted by Crippen LogP contribution is -2.44. The number of urea groups is 1. The zero-order valence-corrected chi connectivity index (χ0v) is 8.06. The topological polar surface area (TPSA) is 122 Å². The van der Waals surface area contributed by atoms with Crippen LogP contribution in [0.1, 0.15) is 20.7 Å². The number of hydrazine groups is 1. The highest BCUT2D eigenvalue weighted by atomic mass is 16.4. The molecule has 1 aromatic carbocycles. The van der Waals surface area contributed by atoms with Crippen LogP contribution in [-0.4, -0.2) is 23.0 Å². The van der Waals surface area contributed by atoms with Crippen LogP contribution >= 0.6 is 0 Å². The standard InChI is InChI=1S/C9H9N3O4/c10-9(16)12-11-7(13)5-3-1-2-4-6(5)8(14)15/h1-4H,(H,11,13)(H,14,15)(H3,10,12,16). The minimum Gasteiger partial charge on any atom is -0.478 e. The summed E-state index contributed by atoms with van der Waals surface area (Å²) < 4.78 is 0. The Morgan fingerprint density at radius 1 is 1.06 bits per heavy atom. The highest BCUT2D eigenvalue weighted by Crippen LogP contribution is 2.07. The molecule has 0 unspecified atom stereocenters. The Morgan fingerprint density at radius 2 is 1.62 bits per heavy atom. The Bertz CT molecular complexity index is 444. The van der Waals surface area contributed by atoms with E-state index in [0.29, 0.717) is 0 Å². The van der Waals surface area contributed by atoms with Gasteiger partial charge < -0.3 is 10.8 Å². The second kappa shape index (κ2) is 4.78. The first-order valence-corrected chi connectivity index (χ1v) is 4.20. The number of hydrogen-bond acceptors (Lipinski definition) is 3. The number of carboxylic acids is 1. The van der Waals surface area contributed by atoms with Crippen molar-refractivity contribution in [1.82, 2.24) is 10.9 Å². The predicted octanol–water partition coefficient (Wildman–Crippen LogP) is -0.302. The van der Waals surface area contributed by atoms with Crippen LogP contribution in [0.15, 0.2) is 24.3 Å². The van der Waals surface area contributed by atoms with Gasteiger partial charge in [-0.1, -0.05) is 12.1 Å². The van der Waals surface area contributed by atoms with E-state index in [9.17, 15) is 14.4 Å². The number of benzene rings is 1. The maximum absolute atomic E-state index is 11.4. The van der Waals surface area contributed by atoms with Crippen molar-refractivity contribution in [3.05, 3.63) is 35.4 Å². The first-order valence-electron chi connectivity index (χ1n) is 4.20. The average molecular weight is 223 g/mol. The molecule has 0 bridgehead atoms. The number of carbonyl (C=O) groups is 3. The third kappa shape index (κ3) is 2.71. The molecule has 3 amide bonds.